The zero-order chi connectivity index (χ0) is 9.26. The summed E-state index contributed by atoms with van der Waals surface area (Å²) >= 11 is 0. The lowest BCUT2D eigenvalue weighted by molar-refractivity contribution is -0.120. The fraction of sp³-hybridized carbons (Fsp3) is 0.900. The molecule has 2 N–H and O–H groups in total. The molecule has 0 aromatic rings. The van der Waals surface area contributed by atoms with E-state index < -0.39 is 0 Å². The first-order chi connectivity index (χ1) is 6.27. The summed E-state index contributed by atoms with van der Waals surface area (Å²) in [6.45, 7) is 2.35. The Labute approximate surface area is 79.3 Å². The largest absolute Gasteiger partial charge is 0.370 e. The SMILES string of the molecule is NC(=O)CC1C2CCCN1CCC2. The number of nitrogens with zero attached hydrogens (tertiary/aromatic N) is 1. The Balaban J connectivity index is 2.02. The summed E-state index contributed by atoms with van der Waals surface area (Å²) in [6, 6.07) is 0.472. The Morgan fingerprint density at radius 3 is 2.38 bits per heavy atom. The van der Waals surface area contributed by atoms with Crippen LogP contribution in [0.1, 0.15) is 32.1 Å². The maximum Gasteiger partial charge on any atom is 0.219 e. The Bertz CT molecular complexity index is 183. The summed E-state index contributed by atoms with van der Waals surface area (Å²) in [5.74, 6) is 0.610. The van der Waals surface area contributed by atoms with Crippen LogP contribution in [0, 0.1) is 5.92 Å². The first kappa shape index (κ1) is 9.00. The van der Waals surface area contributed by atoms with E-state index in [1.54, 1.807) is 0 Å². The van der Waals surface area contributed by atoms with E-state index in [-0.39, 0.29) is 5.91 Å². The summed E-state index contributed by atoms with van der Waals surface area (Å²) in [5.41, 5.74) is 5.26. The molecule has 2 bridgehead atoms. The number of rotatable bonds is 2. The Hall–Kier alpha value is -0.570. The third-order valence-corrected chi connectivity index (χ3v) is 3.46. The molecule has 0 radical (unpaired) electrons. The van der Waals surface area contributed by atoms with Crippen LogP contribution in [0.5, 0.6) is 0 Å². The highest BCUT2D eigenvalue weighted by atomic mass is 16.1. The molecule has 74 valence electrons. The maximum atomic E-state index is 10.9. The molecule has 2 rings (SSSR count). The predicted octanol–water partition coefficient (Wildman–Crippen LogP) is 0.736. The van der Waals surface area contributed by atoms with Gasteiger partial charge in [-0.15, -0.1) is 0 Å². The van der Waals surface area contributed by atoms with Crippen molar-refractivity contribution in [2.75, 3.05) is 13.1 Å². The van der Waals surface area contributed by atoms with E-state index in [1.807, 2.05) is 0 Å². The van der Waals surface area contributed by atoms with Crippen LogP contribution >= 0.6 is 0 Å². The van der Waals surface area contributed by atoms with Gasteiger partial charge >= 0.3 is 0 Å². The molecular formula is C10H18N2O. The van der Waals surface area contributed by atoms with E-state index in [0.29, 0.717) is 12.5 Å². The van der Waals surface area contributed by atoms with Crippen molar-refractivity contribution in [2.45, 2.75) is 38.1 Å². The highest BCUT2D eigenvalue weighted by molar-refractivity contribution is 5.74. The van der Waals surface area contributed by atoms with Crippen LogP contribution in [0.25, 0.3) is 0 Å². The Morgan fingerprint density at radius 2 is 1.92 bits per heavy atom. The summed E-state index contributed by atoms with van der Waals surface area (Å²) in [4.78, 5) is 13.4. The van der Waals surface area contributed by atoms with Crippen LogP contribution in [0.3, 0.4) is 0 Å². The molecule has 2 saturated heterocycles. The minimum absolute atomic E-state index is 0.135. The normalized spacial score (nSPS) is 38.6. The van der Waals surface area contributed by atoms with Crippen LogP contribution < -0.4 is 5.73 Å². The number of carbonyl (C=O) groups excluding carboxylic acids is 1. The van der Waals surface area contributed by atoms with Crippen molar-refractivity contribution in [3.05, 3.63) is 0 Å². The minimum Gasteiger partial charge on any atom is -0.370 e. The second kappa shape index (κ2) is 3.66. The van der Waals surface area contributed by atoms with E-state index in [9.17, 15) is 4.79 Å². The number of amides is 1. The van der Waals surface area contributed by atoms with Crippen molar-refractivity contribution in [1.29, 1.82) is 0 Å². The minimum atomic E-state index is -0.135. The van der Waals surface area contributed by atoms with Gasteiger partial charge in [-0.25, -0.2) is 0 Å². The molecule has 1 atom stereocenters. The second-order valence-corrected chi connectivity index (χ2v) is 4.32. The second-order valence-electron chi connectivity index (χ2n) is 4.32. The summed E-state index contributed by atoms with van der Waals surface area (Å²) in [6.07, 6.45) is 5.79. The average Bonchev–Trinajstić information content (AvgIpc) is 2.02. The monoisotopic (exact) mass is 182 g/mol. The van der Waals surface area contributed by atoms with Gasteiger partial charge in [-0.2, -0.15) is 0 Å². The summed E-state index contributed by atoms with van der Waals surface area (Å²) < 4.78 is 0. The van der Waals surface area contributed by atoms with Crippen LogP contribution in [0.15, 0.2) is 0 Å². The number of nitrogens with two attached hydrogens (primary N) is 1. The third-order valence-electron chi connectivity index (χ3n) is 3.46. The standard InChI is InChI=1S/C10H18N2O/c11-10(13)7-9-8-3-1-5-12(9)6-2-4-8/h8-9H,1-7H2,(H2,11,13). The number of hydrogen-bond donors (Lipinski definition) is 1. The van der Waals surface area contributed by atoms with E-state index in [2.05, 4.69) is 4.90 Å². The first-order valence-electron chi connectivity index (χ1n) is 5.30. The number of hydrogen-bond acceptors (Lipinski definition) is 2. The number of primary amides is 1. The van der Waals surface area contributed by atoms with Crippen molar-refractivity contribution >= 4 is 5.91 Å². The first-order valence-corrected chi connectivity index (χ1v) is 5.30. The maximum absolute atomic E-state index is 10.9. The van der Waals surface area contributed by atoms with E-state index in [1.165, 1.54) is 38.8 Å². The van der Waals surface area contributed by atoms with Crippen LogP contribution in [-0.2, 0) is 4.79 Å². The zero-order valence-corrected chi connectivity index (χ0v) is 8.04. The number of fused-ring (bicyclic) bond motifs is 2. The smallest absolute Gasteiger partial charge is 0.219 e. The lowest BCUT2D eigenvalue weighted by Gasteiger charge is -2.45. The topological polar surface area (TPSA) is 46.3 Å². The molecule has 2 heterocycles. The van der Waals surface area contributed by atoms with Crippen molar-refractivity contribution in [3.63, 3.8) is 0 Å². The van der Waals surface area contributed by atoms with Gasteiger partial charge in [0.1, 0.15) is 0 Å². The molecule has 1 unspecified atom stereocenters. The van der Waals surface area contributed by atoms with Gasteiger partial charge in [0.05, 0.1) is 0 Å². The average molecular weight is 182 g/mol. The molecule has 3 heteroatoms. The molecule has 0 saturated carbocycles. The number of piperidine rings is 2. The molecule has 1 amide bonds. The Morgan fingerprint density at radius 1 is 1.31 bits per heavy atom. The molecular weight excluding hydrogens is 164 g/mol. The van der Waals surface area contributed by atoms with Crippen molar-refractivity contribution < 1.29 is 4.79 Å². The predicted molar refractivity (Wildman–Crippen MR) is 51.1 cm³/mol. The van der Waals surface area contributed by atoms with Crippen LogP contribution in [-0.4, -0.2) is 29.9 Å². The number of carbonyl (C=O) groups is 1. The lowest BCUT2D eigenvalue weighted by atomic mass is 9.80. The van der Waals surface area contributed by atoms with Gasteiger partial charge in [0.25, 0.3) is 0 Å². The van der Waals surface area contributed by atoms with E-state index in [4.69, 9.17) is 5.73 Å². The molecule has 3 nitrogen and oxygen atoms in total. The third kappa shape index (κ3) is 1.85. The van der Waals surface area contributed by atoms with Crippen molar-refractivity contribution in [3.8, 4) is 0 Å². The molecule has 13 heavy (non-hydrogen) atoms. The van der Waals surface area contributed by atoms with Gasteiger partial charge in [0, 0.05) is 12.5 Å². The lowest BCUT2D eigenvalue weighted by Crippen LogP contribution is -2.50. The molecule has 0 aliphatic carbocycles. The van der Waals surface area contributed by atoms with Gasteiger partial charge in [-0.3, -0.25) is 9.69 Å². The van der Waals surface area contributed by atoms with Crippen molar-refractivity contribution in [2.24, 2.45) is 11.7 Å². The van der Waals surface area contributed by atoms with Gasteiger partial charge in [-0.1, -0.05) is 0 Å². The van der Waals surface area contributed by atoms with Crippen LogP contribution in [0.4, 0.5) is 0 Å². The highest BCUT2D eigenvalue weighted by Crippen LogP contribution is 2.33. The van der Waals surface area contributed by atoms with Crippen molar-refractivity contribution in [1.82, 2.24) is 4.90 Å². The van der Waals surface area contributed by atoms with Gasteiger partial charge in [0.15, 0.2) is 0 Å². The summed E-state index contributed by atoms with van der Waals surface area (Å²) in [5, 5.41) is 0. The van der Waals surface area contributed by atoms with E-state index in [0.717, 1.165) is 5.92 Å². The molecule has 0 spiro atoms. The molecule has 0 aromatic carbocycles. The van der Waals surface area contributed by atoms with Gasteiger partial charge in [-0.05, 0) is 44.7 Å². The van der Waals surface area contributed by atoms with Gasteiger partial charge in [0.2, 0.25) is 5.91 Å². The summed E-state index contributed by atoms with van der Waals surface area (Å²) in [7, 11) is 0. The molecule has 2 aliphatic rings. The molecule has 2 aliphatic heterocycles. The zero-order valence-electron chi connectivity index (χ0n) is 8.04. The van der Waals surface area contributed by atoms with E-state index >= 15 is 0 Å². The van der Waals surface area contributed by atoms with Crippen LogP contribution in [0.2, 0.25) is 0 Å². The Kier molecular flexibility index (Phi) is 2.54. The molecule has 2 fully saturated rings. The van der Waals surface area contributed by atoms with Gasteiger partial charge < -0.3 is 5.73 Å². The fourth-order valence-corrected chi connectivity index (χ4v) is 2.89. The fourth-order valence-electron chi connectivity index (χ4n) is 2.89. The molecule has 0 aromatic heterocycles. The highest BCUT2D eigenvalue weighted by Gasteiger charge is 2.34. The quantitative estimate of drug-likeness (QED) is 0.684.